The number of allylic oxidation sites excluding steroid dienone is 4. The van der Waals surface area contributed by atoms with Crippen LogP contribution in [0.15, 0.2) is 23.8 Å². The van der Waals surface area contributed by atoms with Gasteiger partial charge in [0.05, 0.1) is 12.6 Å². The van der Waals surface area contributed by atoms with E-state index in [0.717, 1.165) is 18.8 Å². The largest absolute Gasteiger partial charge is 0.457 e. The summed E-state index contributed by atoms with van der Waals surface area (Å²) in [6, 6.07) is 0. The van der Waals surface area contributed by atoms with Crippen LogP contribution in [0.1, 0.15) is 136 Å². The van der Waals surface area contributed by atoms with Crippen molar-refractivity contribution in [3.8, 4) is 0 Å². The first-order chi connectivity index (χ1) is 22.9. The third kappa shape index (κ3) is 7.01. The Morgan fingerprint density at radius 3 is 2.33 bits per heavy atom. The summed E-state index contributed by atoms with van der Waals surface area (Å²) in [6.07, 6.45) is 22.8. The summed E-state index contributed by atoms with van der Waals surface area (Å²) in [7, 11) is 0. The van der Waals surface area contributed by atoms with Crippen molar-refractivity contribution < 1.29 is 33.7 Å². The molecule has 0 amide bonds. The molecule has 5 aliphatic carbocycles. The van der Waals surface area contributed by atoms with E-state index >= 15 is 4.39 Å². The first-order valence-corrected chi connectivity index (χ1v) is 19.3. The Hall–Kier alpha value is -1.90. The smallest absolute Gasteiger partial charge is 0.320 e. The van der Waals surface area contributed by atoms with Crippen LogP contribution < -0.4 is 5.32 Å². The molecule has 0 bridgehead atoms. The molecule has 0 unspecified atom stereocenters. The van der Waals surface area contributed by atoms with Gasteiger partial charge in [-0.3, -0.25) is 14.4 Å². The molecule has 48 heavy (non-hydrogen) atoms. The topological polar surface area (TPSA) is 113 Å². The fourth-order valence-electron chi connectivity index (χ4n) is 10.9. The maximum Gasteiger partial charge on any atom is 0.320 e. The highest BCUT2D eigenvalue weighted by atomic mass is 19.1. The summed E-state index contributed by atoms with van der Waals surface area (Å²) in [5, 5.41) is 26.8. The Balaban J connectivity index is 1.08. The number of unbranched alkanes of at least 4 members (excludes halogenated alkanes) is 2. The maximum absolute atomic E-state index is 17.4. The Bertz CT molecular complexity index is 1220. The average Bonchev–Trinajstić information content (AvgIpc) is 3.22. The zero-order valence-electron chi connectivity index (χ0n) is 29.9. The molecule has 0 saturated heterocycles. The van der Waals surface area contributed by atoms with Crippen molar-refractivity contribution in [3.63, 3.8) is 0 Å². The van der Waals surface area contributed by atoms with Crippen LogP contribution >= 0.6 is 0 Å². The molecule has 4 saturated carbocycles. The number of nitrogens with one attached hydrogen (secondary N) is 1. The Labute approximate surface area is 287 Å². The number of halogens is 1. The average molecular weight is 672 g/mol. The van der Waals surface area contributed by atoms with Crippen molar-refractivity contribution in [1.29, 1.82) is 0 Å². The summed E-state index contributed by atoms with van der Waals surface area (Å²) in [4.78, 5) is 38.4. The van der Waals surface area contributed by atoms with Gasteiger partial charge in [0, 0.05) is 16.7 Å². The van der Waals surface area contributed by atoms with Crippen LogP contribution in [-0.2, 0) is 19.1 Å². The van der Waals surface area contributed by atoms with Crippen LogP contribution in [0.3, 0.4) is 0 Å². The molecular weight excluding hydrogens is 609 g/mol. The first kappa shape index (κ1) is 37.4. The van der Waals surface area contributed by atoms with Gasteiger partial charge in [-0.1, -0.05) is 109 Å². The molecule has 5 rings (SSSR count). The summed E-state index contributed by atoms with van der Waals surface area (Å²) >= 11 is 0. The monoisotopic (exact) mass is 671 g/mol. The van der Waals surface area contributed by atoms with Gasteiger partial charge in [0.1, 0.15) is 5.60 Å². The van der Waals surface area contributed by atoms with E-state index in [-0.39, 0.29) is 24.7 Å². The second-order valence-electron chi connectivity index (χ2n) is 16.5. The number of esters is 1. The Morgan fingerprint density at radius 1 is 0.979 bits per heavy atom. The Morgan fingerprint density at radius 2 is 1.65 bits per heavy atom. The van der Waals surface area contributed by atoms with Crippen LogP contribution in [-0.4, -0.2) is 64.8 Å². The van der Waals surface area contributed by atoms with Gasteiger partial charge in [0.15, 0.2) is 18.1 Å². The van der Waals surface area contributed by atoms with E-state index in [2.05, 4.69) is 5.32 Å². The van der Waals surface area contributed by atoms with E-state index in [0.29, 0.717) is 31.4 Å². The number of hydrogen-bond acceptors (Lipinski definition) is 7. The zero-order chi connectivity index (χ0) is 34.6. The molecule has 270 valence electrons. The fraction of sp³-hybridized carbons (Fsp3) is 0.825. The van der Waals surface area contributed by atoms with E-state index in [9.17, 15) is 24.6 Å². The number of Topliss-reactive ketones (excluding diaryl/α,β-unsaturated/α-hetero) is 1. The molecule has 0 heterocycles. The highest BCUT2D eigenvalue weighted by Crippen LogP contribution is 2.70. The molecule has 0 aliphatic heterocycles. The number of rotatable bonds is 11. The van der Waals surface area contributed by atoms with Crippen molar-refractivity contribution >= 4 is 17.5 Å². The SMILES string of the molecule is C[C@@H]1C[C@H]2[C@@H]3CCC4=CC(=O)C=C[C@]4(C)[C@@]3(F)[C@@H](O)C[C@]2(C)[C@@]1(O)C(=O)COC(=O)CNCCCCCC1CCCCCCCCCC1. The molecule has 0 aromatic carbocycles. The van der Waals surface area contributed by atoms with Crippen LogP contribution in [0.2, 0.25) is 0 Å². The van der Waals surface area contributed by atoms with Crippen molar-refractivity contribution in [1.82, 2.24) is 5.32 Å². The number of hydrogen-bond donors (Lipinski definition) is 3. The third-order valence-electron chi connectivity index (χ3n) is 13.7. The standard InChI is InChI=1S/C40H62FNO6/c1-28-23-33-32-19-18-30-24-31(43)20-21-37(30,2)39(32,41)34(44)25-38(33,3)40(28,47)35(45)27-48-36(46)26-42-22-14-10-13-17-29-15-11-8-6-4-5-7-9-12-16-29/h20-21,24,28-29,32-34,42,44,47H,4-19,22-23,25-27H2,1-3H3/t28-,32+,33+,34+,37+,38+,39+,40+/m1/s1. The molecule has 0 aromatic heterocycles. The number of ketones is 2. The lowest BCUT2D eigenvalue weighted by Crippen LogP contribution is -2.69. The minimum absolute atomic E-state index is 0.000601. The third-order valence-corrected chi connectivity index (χ3v) is 13.7. The van der Waals surface area contributed by atoms with Gasteiger partial charge >= 0.3 is 5.97 Å². The summed E-state index contributed by atoms with van der Waals surface area (Å²) in [5.74, 6) is -1.90. The van der Waals surface area contributed by atoms with E-state index in [1.165, 1.54) is 89.2 Å². The second-order valence-corrected chi connectivity index (χ2v) is 16.5. The van der Waals surface area contributed by atoms with E-state index < -0.39 is 58.4 Å². The van der Waals surface area contributed by atoms with Crippen molar-refractivity contribution in [3.05, 3.63) is 23.8 Å². The van der Waals surface area contributed by atoms with E-state index in [1.54, 1.807) is 26.8 Å². The lowest BCUT2D eigenvalue weighted by atomic mass is 9.44. The molecule has 5 aliphatic rings. The number of aliphatic hydroxyl groups is 2. The number of carbonyl (C=O) groups excluding carboxylic acids is 3. The van der Waals surface area contributed by atoms with Crippen molar-refractivity contribution in [2.45, 2.75) is 154 Å². The molecule has 4 fully saturated rings. The van der Waals surface area contributed by atoms with Crippen LogP contribution in [0.5, 0.6) is 0 Å². The molecule has 0 radical (unpaired) electrons. The van der Waals surface area contributed by atoms with Gasteiger partial charge in [-0.15, -0.1) is 0 Å². The normalized spacial score (nSPS) is 39.0. The maximum atomic E-state index is 17.4. The molecule has 7 nitrogen and oxygen atoms in total. The Kier molecular flexibility index (Phi) is 12.1. The van der Waals surface area contributed by atoms with Crippen LogP contribution in [0, 0.1) is 34.5 Å². The lowest BCUT2D eigenvalue weighted by molar-refractivity contribution is -0.219. The summed E-state index contributed by atoms with van der Waals surface area (Å²) in [5.41, 5.74) is -5.42. The predicted octanol–water partition coefficient (Wildman–Crippen LogP) is 7.13. The van der Waals surface area contributed by atoms with Gasteiger partial charge < -0.3 is 20.3 Å². The molecular formula is C40H62FNO6. The minimum Gasteiger partial charge on any atom is -0.457 e. The van der Waals surface area contributed by atoms with Gasteiger partial charge in [0.25, 0.3) is 0 Å². The van der Waals surface area contributed by atoms with Gasteiger partial charge in [-0.25, -0.2) is 4.39 Å². The minimum atomic E-state index is -2.03. The van der Waals surface area contributed by atoms with Gasteiger partial charge in [-0.2, -0.15) is 0 Å². The first-order valence-electron chi connectivity index (χ1n) is 19.3. The highest BCUT2D eigenvalue weighted by molar-refractivity contribution is 6.01. The highest BCUT2D eigenvalue weighted by Gasteiger charge is 2.75. The fourth-order valence-corrected chi connectivity index (χ4v) is 10.9. The van der Waals surface area contributed by atoms with Crippen molar-refractivity contribution in [2.75, 3.05) is 19.7 Å². The number of ether oxygens (including phenoxy) is 1. The molecule has 8 atom stereocenters. The van der Waals surface area contributed by atoms with E-state index in [1.807, 2.05) is 0 Å². The number of alkyl halides is 1. The predicted molar refractivity (Wildman–Crippen MR) is 185 cm³/mol. The summed E-state index contributed by atoms with van der Waals surface area (Å²) in [6.45, 7) is 5.50. The molecule has 0 aromatic rings. The molecule has 3 N–H and O–H groups in total. The zero-order valence-corrected chi connectivity index (χ0v) is 29.9. The van der Waals surface area contributed by atoms with Gasteiger partial charge in [-0.05, 0) is 75.5 Å². The number of fused-ring (bicyclic) bond motifs is 5. The van der Waals surface area contributed by atoms with Crippen molar-refractivity contribution in [2.24, 2.45) is 34.5 Å². The molecule has 0 spiro atoms. The van der Waals surface area contributed by atoms with E-state index in [4.69, 9.17) is 4.74 Å². The molecule has 8 heteroatoms. The van der Waals surface area contributed by atoms with Crippen LogP contribution in [0.4, 0.5) is 4.39 Å². The number of aliphatic hydroxyl groups excluding tert-OH is 1. The van der Waals surface area contributed by atoms with Crippen LogP contribution in [0.25, 0.3) is 0 Å². The number of carbonyl (C=O) groups is 3. The second kappa shape index (κ2) is 15.6. The lowest BCUT2D eigenvalue weighted by Gasteiger charge is -2.62. The quantitative estimate of drug-likeness (QED) is 0.158. The van der Waals surface area contributed by atoms with Gasteiger partial charge in [0.2, 0.25) is 5.78 Å². The summed E-state index contributed by atoms with van der Waals surface area (Å²) < 4.78 is 22.7.